The van der Waals surface area contributed by atoms with Gasteiger partial charge in [-0.2, -0.15) is 5.26 Å². The molecule has 0 radical (unpaired) electrons. The fourth-order valence-corrected chi connectivity index (χ4v) is 4.11. The maximum atomic E-state index is 12.2. The Labute approximate surface area is 144 Å². The summed E-state index contributed by atoms with van der Waals surface area (Å²) in [6.07, 6.45) is 5.38. The van der Waals surface area contributed by atoms with Gasteiger partial charge < -0.3 is 5.32 Å². The molecule has 2 N–H and O–H groups in total. The maximum absolute atomic E-state index is 12.2. The maximum Gasteiger partial charge on any atom is 0.324 e. The number of halogens is 1. The summed E-state index contributed by atoms with van der Waals surface area (Å²) in [6, 6.07) is 8.80. The van der Waals surface area contributed by atoms with Crippen LogP contribution in [0.1, 0.15) is 35.3 Å². The van der Waals surface area contributed by atoms with Crippen LogP contribution in [0.4, 0.5) is 15.5 Å². The molecule has 1 aromatic heterocycles. The highest BCUT2D eigenvalue weighted by molar-refractivity contribution is 7.16. The smallest absolute Gasteiger partial charge is 0.308 e. The Morgan fingerprint density at radius 1 is 1.13 bits per heavy atom. The fourth-order valence-electron chi connectivity index (χ4n) is 2.75. The number of benzene rings is 1. The van der Waals surface area contributed by atoms with Crippen LogP contribution in [0.5, 0.6) is 0 Å². The summed E-state index contributed by atoms with van der Waals surface area (Å²) in [5.74, 6) is 0. The number of carbonyl (C=O) groups is 1. The molecule has 0 saturated carbocycles. The monoisotopic (exact) mass is 345 g/mol. The molecule has 1 heterocycles. The topological polar surface area (TPSA) is 64.9 Å². The summed E-state index contributed by atoms with van der Waals surface area (Å²) in [5.41, 5.74) is 2.40. The quantitative estimate of drug-likeness (QED) is 0.736. The van der Waals surface area contributed by atoms with E-state index in [2.05, 4.69) is 16.7 Å². The molecule has 1 aromatic carbocycles. The van der Waals surface area contributed by atoms with E-state index >= 15 is 0 Å². The molecule has 6 heteroatoms. The van der Waals surface area contributed by atoms with Gasteiger partial charge in [0.2, 0.25) is 0 Å². The van der Waals surface area contributed by atoms with Crippen LogP contribution in [-0.2, 0) is 12.8 Å². The van der Waals surface area contributed by atoms with Gasteiger partial charge in [-0.3, -0.25) is 5.32 Å². The minimum absolute atomic E-state index is 0.347. The number of anilines is 2. The number of hydrogen-bond acceptors (Lipinski definition) is 3. The van der Waals surface area contributed by atoms with E-state index in [1.165, 1.54) is 22.6 Å². The lowest BCUT2D eigenvalue weighted by Crippen LogP contribution is -2.19. The summed E-state index contributed by atoms with van der Waals surface area (Å²) in [5, 5.41) is 16.3. The molecule has 3 rings (SSSR count). The van der Waals surface area contributed by atoms with Crippen LogP contribution in [-0.4, -0.2) is 6.03 Å². The zero-order valence-electron chi connectivity index (χ0n) is 12.5. The SMILES string of the molecule is N#Cc1c(NC(=O)Nc2ccc(Cl)cc2)sc2c1CCCCC2. The molecular weight excluding hydrogens is 330 g/mol. The van der Waals surface area contributed by atoms with Crippen LogP contribution < -0.4 is 10.6 Å². The van der Waals surface area contributed by atoms with Gasteiger partial charge in [-0.25, -0.2) is 4.79 Å². The van der Waals surface area contributed by atoms with Gasteiger partial charge in [0.15, 0.2) is 0 Å². The molecule has 0 bridgehead atoms. The van der Waals surface area contributed by atoms with Crippen molar-refractivity contribution in [3.05, 3.63) is 45.3 Å². The normalized spacial score (nSPS) is 13.6. The predicted molar refractivity (Wildman–Crippen MR) is 94.4 cm³/mol. The van der Waals surface area contributed by atoms with Crippen molar-refractivity contribution in [2.24, 2.45) is 0 Å². The summed E-state index contributed by atoms with van der Waals surface area (Å²) >= 11 is 7.35. The predicted octanol–water partition coefficient (Wildman–Crippen LogP) is 5.19. The number of nitriles is 1. The zero-order chi connectivity index (χ0) is 16.2. The number of fused-ring (bicyclic) bond motifs is 1. The third-order valence-corrected chi connectivity index (χ3v) is 5.32. The molecule has 0 atom stereocenters. The van der Waals surface area contributed by atoms with Gasteiger partial charge in [-0.05, 0) is 55.5 Å². The van der Waals surface area contributed by atoms with E-state index in [9.17, 15) is 10.1 Å². The Morgan fingerprint density at radius 2 is 1.87 bits per heavy atom. The van der Waals surface area contributed by atoms with Crippen LogP contribution in [0.15, 0.2) is 24.3 Å². The van der Waals surface area contributed by atoms with Gasteiger partial charge in [0.25, 0.3) is 0 Å². The van der Waals surface area contributed by atoms with Gasteiger partial charge >= 0.3 is 6.03 Å². The number of thiophene rings is 1. The van der Waals surface area contributed by atoms with E-state index < -0.39 is 0 Å². The molecule has 0 fully saturated rings. The molecule has 0 saturated heterocycles. The second kappa shape index (κ2) is 7.03. The number of amides is 2. The summed E-state index contributed by atoms with van der Waals surface area (Å²) < 4.78 is 0. The molecule has 0 spiro atoms. The van der Waals surface area contributed by atoms with Crippen LogP contribution >= 0.6 is 22.9 Å². The van der Waals surface area contributed by atoms with Crippen molar-refractivity contribution in [1.82, 2.24) is 0 Å². The second-order valence-electron chi connectivity index (χ2n) is 5.47. The first-order valence-electron chi connectivity index (χ1n) is 7.55. The third kappa shape index (κ3) is 3.66. The number of nitrogens with one attached hydrogen (secondary N) is 2. The average molecular weight is 346 g/mol. The van der Waals surface area contributed by atoms with Crippen molar-refractivity contribution in [2.45, 2.75) is 32.1 Å². The summed E-state index contributed by atoms with van der Waals surface area (Å²) in [6.45, 7) is 0. The van der Waals surface area contributed by atoms with Gasteiger partial charge in [0.05, 0.1) is 5.56 Å². The molecule has 118 valence electrons. The molecule has 1 aliphatic carbocycles. The number of carbonyl (C=O) groups excluding carboxylic acids is 1. The number of rotatable bonds is 2. The first-order valence-corrected chi connectivity index (χ1v) is 8.75. The fraction of sp³-hybridized carbons (Fsp3) is 0.294. The molecule has 1 aliphatic rings. The van der Waals surface area contributed by atoms with E-state index in [-0.39, 0.29) is 6.03 Å². The van der Waals surface area contributed by atoms with Crippen molar-refractivity contribution in [3.63, 3.8) is 0 Å². The molecule has 0 unspecified atom stereocenters. The minimum Gasteiger partial charge on any atom is -0.308 e. The number of nitrogens with zero attached hydrogens (tertiary/aromatic N) is 1. The second-order valence-corrected chi connectivity index (χ2v) is 7.01. The minimum atomic E-state index is -0.347. The van der Waals surface area contributed by atoms with E-state index in [0.717, 1.165) is 31.2 Å². The molecule has 4 nitrogen and oxygen atoms in total. The Kier molecular flexibility index (Phi) is 4.85. The number of hydrogen-bond donors (Lipinski definition) is 2. The Hall–Kier alpha value is -2.03. The molecule has 2 aromatic rings. The summed E-state index contributed by atoms with van der Waals surface area (Å²) in [7, 11) is 0. The zero-order valence-corrected chi connectivity index (χ0v) is 14.1. The largest absolute Gasteiger partial charge is 0.324 e. The average Bonchev–Trinajstić information content (AvgIpc) is 2.69. The first-order chi connectivity index (χ1) is 11.2. The van der Waals surface area contributed by atoms with E-state index in [1.54, 1.807) is 24.3 Å². The highest BCUT2D eigenvalue weighted by Gasteiger charge is 2.20. The lowest BCUT2D eigenvalue weighted by atomic mass is 10.1. The van der Waals surface area contributed by atoms with Crippen LogP contribution in [0.3, 0.4) is 0 Å². The third-order valence-electron chi connectivity index (χ3n) is 3.86. The molecule has 23 heavy (non-hydrogen) atoms. The number of aryl methyl sites for hydroxylation is 1. The van der Waals surface area contributed by atoms with Crippen molar-refractivity contribution in [3.8, 4) is 6.07 Å². The Balaban J connectivity index is 1.76. The Morgan fingerprint density at radius 3 is 2.61 bits per heavy atom. The highest BCUT2D eigenvalue weighted by atomic mass is 35.5. The van der Waals surface area contributed by atoms with Crippen molar-refractivity contribution >= 4 is 39.7 Å². The summed E-state index contributed by atoms with van der Waals surface area (Å²) in [4.78, 5) is 13.4. The number of urea groups is 1. The lowest BCUT2D eigenvalue weighted by Gasteiger charge is -2.07. The van der Waals surface area contributed by atoms with Crippen molar-refractivity contribution in [1.29, 1.82) is 5.26 Å². The van der Waals surface area contributed by atoms with Crippen molar-refractivity contribution in [2.75, 3.05) is 10.6 Å². The highest BCUT2D eigenvalue weighted by Crippen LogP contribution is 2.37. The van der Waals surface area contributed by atoms with E-state index in [4.69, 9.17) is 11.6 Å². The van der Waals surface area contributed by atoms with Crippen LogP contribution in [0.2, 0.25) is 5.02 Å². The standard InChI is InChI=1S/C17H16ClN3OS/c18-11-6-8-12(9-7-11)20-17(22)21-16-14(10-19)13-4-2-1-3-5-15(13)23-16/h6-9H,1-5H2,(H2,20,21,22). The van der Waals surface area contributed by atoms with Gasteiger partial charge in [0, 0.05) is 15.6 Å². The first kappa shape index (κ1) is 15.9. The van der Waals surface area contributed by atoms with E-state index in [1.807, 2.05) is 0 Å². The molecule has 2 amide bonds. The van der Waals surface area contributed by atoms with Gasteiger partial charge in [0.1, 0.15) is 11.1 Å². The lowest BCUT2D eigenvalue weighted by molar-refractivity contribution is 0.262. The van der Waals surface area contributed by atoms with Gasteiger partial charge in [-0.1, -0.05) is 18.0 Å². The molecule has 0 aliphatic heterocycles. The van der Waals surface area contributed by atoms with Crippen LogP contribution in [0, 0.1) is 11.3 Å². The van der Waals surface area contributed by atoms with Crippen LogP contribution in [0.25, 0.3) is 0 Å². The van der Waals surface area contributed by atoms with Gasteiger partial charge in [-0.15, -0.1) is 11.3 Å². The Bertz CT molecular complexity index is 761. The van der Waals surface area contributed by atoms with Crippen molar-refractivity contribution < 1.29 is 4.79 Å². The molecular formula is C17H16ClN3OS. The van der Waals surface area contributed by atoms with E-state index in [0.29, 0.717) is 21.3 Å².